The maximum Gasteiger partial charge on any atom is 0.411 e. The second-order valence-electron chi connectivity index (χ2n) is 8.27. The topological polar surface area (TPSA) is 121 Å². The van der Waals surface area contributed by atoms with E-state index >= 15 is 0 Å². The predicted molar refractivity (Wildman–Crippen MR) is 94.2 cm³/mol. The number of aromatic hydroxyl groups is 1. The van der Waals surface area contributed by atoms with Crippen molar-refractivity contribution in [2.75, 3.05) is 6.61 Å². The molecule has 0 saturated carbocycles. The van der Waals surface area contributed by atoms with Crippen molar-refractivity contribution in [3.63, 3.8) is 0 Å². The number of fused-ring (bicyclic) bond motifs is 1. The number of ether oxygens (including phenoxy) is 3. The summed E-state index contributed by atoms with van der Waals surface area (Å²) in [5.74, 6) is -1.29. The van der Waals surface area contributed by atoms with Crippen molar-refractivity contribution < 1.29 is 29.2 Å². The lowest BCUT2D eigenvalue weighted by Crippen LogP contribution is -2.47. The zero-order valence-electron chi connectivity index (χ0n) is 16.1. The van der Waals surface area contributed by atoms with Crippen LogP contribution >= 0.6 is 0 Å². The molecule has 3 rings (SSSR count). The lowest BCUT2D eigenvalue weighted by Gasteiger charge is -2.35. The lowest BCUT2D eigenvalue weighted by atomic mass is 10.0. The van der Waals surface area contributed by atoms with Crippen LogP contribution in [0.15, 0.2) is 16.9 Å². The highest BCUT2D eigenvalue weighted by atomic mass is 16.8. The van der Waals surface area contributed by atoms with Crippen LogP contribution in [0.3, 0.4) is 0 Å². The largest absolute Gasteiger partial charge is 0.494 e. The minimum absolute atomic E-state index is 0.285. The molecule has 2 fully saturated rings. The summed E-state index contributed by atoms with van der Waals surface area (Å²) in [6.07, 6.45) is -1.94. The molecule has 2 saturated heterocycles. The first-order chi connectivity index (χ1) is 12.4. The molecule has 150 valence electrons. The van der Waals surface area contributed by atoms with Gasteiger partial charge in [-0.05, 0) is 40.7 Å². The third-order valence-electron chi connectivity index (χ3n) is 4.55. The number of hydrogen-bond donors (Lipinski definition) is 3. The molecule has 0 radical (unpaired) electrons. The Bertz CT molecular complexity index is 783. The van der Waals surface area contributed by atoms with Gasteiger partial charge in [-0.1, -0.05) is 0 Å². The molecule has 9 nitrogen and oxygen atoms in total. The predicted octanol–water partition coefficient (Wildman–Crippen LogP) is 1.25. The molecule has 3 N–H and O–H groups in total. The number of carbonyl (C=O) groups excluding carboxylic acids is 1. The Hall–Kier alpha value is -2.10. The van der Waals surface area contributed by atoms with Crippen LogP contribution in [0.4, 0.5) is 4.79 Å². The third-order valence-corrected chi connectivity index (χ3v) is 4.55. The highest BCUT2D eigenvalue weighted by Crippen LogP contribution is 2.48. The summed E-state index contributed by atoms with van der Waals surface area (Å²) in [5, 5.41) is 20.3. The molecule has 0 aromatic carbocycles. The molecule has 0 bridgehead atoms. The lowest BCUT2D eigenvalue weighted by molar-refractivity contribution is -0.169. The van der Waals surface area contributed by atoms with Crippen molar-refractivity contribution in [1.29, 1.82) is 0 Å². The number of rotatable bonds is 2. The number of carbonyl (C=O) groups is 1. The SMILES string of the molecule is CC(C)(C)OC(=O)N1[C@H](CO)[C@H]2OC(C)(C)O[C@H]2[C@@H]1c1ccc(=O)[nH]c1O. The fourth-order valence-corrected chi connectivity index (χ4v) is 3.68. The maximum atomic E-state index is 12.9. The monoisotopic (exact) mass is 382 g/mol. The van der Waals surface area contributed by atoms with E-state index in [1.165, 1.54) is 17.0 Å². The van der Waals surface area contributed by atoms with Crippen molar-refractivity contribution in [2.45, 2.75) is 70.3 Å². The zero-order valence-corrected chi connectivity index (χ0v) is 16.1. The molecule has 27 heavy (non-hydrogen) atoms. The minimum Gasteiger partial charge on any atom is -0.494 e. The Balaban J connectivity index is 2.08. The van der Waals surface area contributed by atoms with Gasteiger partial charge in [0.15, 0.2) is 11.7 Å². The summed E-state index contributed by atoms with van der Waals surface area (Å²) in [5.41, 5.74) is -0.946. The quantitative estimate of drug-likeness (QED) is 0.704. The number of likely N-dealkylation sites (tertiary alicyclic amines) is 1. The van der Waals surface area contributed by atoms with Gasteiger partial charge in [-0.3, -0.25) is 14.7 Å². The van der Waals surface area contributed by atoms with E-state index in [4.69, 9.17) is 14.2 Å². The number of amides is 1. The highest BCUT2D eigenvalue weighted by Gasteiger charge is 2.60. The number of H-pyrrole nitrogens is 1. The van der Waals surface area contributed by atoms with E-state index in [0.29, 0.717) is 0 Å². The van der Waals surface area contributed by atoms with E-state index in [0.717, 1.165) is 0 Å². The van der Waals surface area contributed by atoms with Crippen LogP contribution in [0.2, 0.25) is 0 Å². The summed E-state index contributed by atoms with van der Waals surface area (Å²) in [6.45, 7) is 8.30. The molecule has 1 amide bonds. The number of aromatic amines is 1. The zero-order chi connectivity index (χ0) is 20.1. The van der Waals surface area contributed by atoms with E-state index in [-0.39, 0.29) is 18.1 Å². The fraction of sp³-hybridized carbons (Fsp3) is 0.667. The van der Waals surface area contributed by atoms with Crippen LogP contribution in [0, 0.1) is 0 Å². The summed E-state index contributed by atoms with van der Waals surface area (Å²) < 4.78 is 17.4. The molecule has 0 unspecified atom stereocenters. The van der Waals surface area contributed by atoms with Crippen molar-refractivity contribution >= 4 is 6.09 Å². The maximum absolute atomic E-state index is 12.9. The van der Waals surface area contributed by atoms with Crippen LogP contribution in [0.25, 0.3) is 0 Å². The van der Waals surface area contributed by atoms with Crippen molar-refractivity contribution in [3.05, 3.63) is 28.0 Å². The second kappa shape index (κ2) is 6.50. The standard InChI is InChI=1S/C18H26N2O7/c1-17(2,3)27-16(24)20-10(8-21)13-14(26-18(4,5)25-13)12(20)9-6-7-11(22)19-15(9)23/h6-7,10,12-14,21H,8H2,1-5H3,(H2,19,22,23)/t10-,12+,13-,14+/m1/s1. The second-order valence-corrected chi connectivity index (χ2v) is 8.27. The molecule has 1 aromatic heterocycles. The van der Waals surface area contributed by atoms with Gasteiger partial charge in [0.2, 0.25) is 0 Å². The Labute approximate surface area is 156 Å². The molecule has 0 aliphatic carbocycles. The summed E-state index contributed by atoms with van der Waals surface area (Å²) in [4.78, 5) is 28.0. The van der Waals surface area contributed by atoms with Gasteiger partial charge in [0.25, 0.3) is 5.56 Å². The highest BCUT2D eigenvalue weighted by molar-refractivity contribution is 5.70. The van der Waals surface area contributed by atoms with Gasteiger partial charge in [-0.2, -0.15) is 0 Å². The van der Waals surface area contributed by atoms with Crippen LogP contribution in [0.1, 0.15) is 46.2 Å². The van der Waals surface area contributed by atoms with Crippen molar-refractivity contribution in [3.8, 4) is 5.88 Å². The Kier molecular flexibility index (Phi) is 4.73. The number of hydrogen-bond acceptors (Lipinski definition) is 7. The van der Waals surface area contributed by atoms with E-state index < -0.39 is 47.3 Å². The Morgan fingerprint density at radius 3 is 2.48 bits per heavy atom. The molecule has 2 aliphatic heterocycles. The van der Waals surface area contributed by atoms with Crippen LogP contribution in [-0.2, 0) is 14.2 Å². The Morgan fingerprint density at radius 2 is 1.93 bits per heavy atom. The molecular formula is C18H26N2O7. The van der Waals surface area contributed by atoms with Gasteiger partial charge in [0, 0.05) is 11.6 Å². The average molecular weight is 382 g/mol. The third kappa shape index (κ3) is 3.67. The molecule has 1 aromatic rings. The summed E-state index contributed by atoms with van der Waals surface area (Å²) in [7, 11) is 0. The van der Waals surface area contributed by atoms with Crippen LogP contribution < -0.4 is 5.56 Å². The fourth-order valence-electron chi connectivity index (χ4n) is 3.68. The van der Waals surface area contributed by atoms with E-state index in [1.807, 2.05) is 0 Å². The molecule has 4 atom stereocenters. The van der Waals surface area contributed by atoms with Crippen molar-refractivity contribution in [1.82, 2.24) is 9.88 Å². The molecule has 9 heteroatoms. The van der Waals surface area contributed by atoms with Gasteiger partial charge in [-0.15, -0.1) is 0 Å². The van der Waals surface area contributed by atoms with E-state index in [2.05, 4.69) is 4.98 Å². The molecule has 0 spiro atoms. The van der Waals surface area contributed by atoms with Gasteiger partial charge in [0.1, 0.15) is 17.8 Å². The van der Waals surface area contributed by atoms with Crippen LogP contribution in [-0.4, -0.2) is 62.4 Å². The number of aromatic nitrogens is 1. The summed E-state index contributed by atoms with van der Waals surface area (Å²) in [6, 6.07) is 1.15. The van der Waals surface area contributed by atoms with Gasteiger partial charge >= 0.3 is 6.09 Å². The molecule has 2 aliphatic rings. The van der Waals surface area contributed by atoms with Gasteiger partial charge < -0.3 is 24.4 Å². The number of nitrogens with zero attached hydrogens (tertiary/aromatic N) is 1. The van der Waals surface area contributed by atoms with Gasteiger partial charge in [0.05, 0.1) is 18.7 Å². The first-order valence-electron chi connectivity index (χ1n) is 8.83. The normalized spacial score (nSPS) is 29.6. The average Bonchev–Trinajstić information content (AvgIpc) is 2.96. The number of nitrogens with one attached hydrogen (secondary N) is 1. The van der Waals surface area contributed by atoms with Crippen LogP contribution in [0.5, 0.6) is 5.88 Å². The number of aliphatic hydroxyl groups is 1. The molecule has 3 heterocycles. The van der Waals surface area contributed by atoms with E-state index in [9.17, 15) is 19.8 Å². The van der Waals surface area contributed by atoms with Crippen molar-refractivity contribution in [2.24, 2.45) is 0 Å². The first-order valence-corrected chi connectivity index (χ1v) is 8.83. The first kappa shape index (κ1) is 19.7. The number of aliphatic hydroxyl groups excluding tert-OH is 1. The summed E-state index contributed by atoms with van der Waals surface area (Å²) >= 11 is 0. The van der Waals surface area contributed by atoms with E-state index in [1.54, 1.807) is 34.6 Å². The Morgan fingerprint density at radius 1 is 1.30 bits per heavy atom. The smallest absolute Gasteiger partial charge is 0.411 e. The van der Waals surface area contributed by atoms with Gasteiger partial charge in [-0.25, -0.2) is 4.79 Å². The molecular weight excluding hydrogens is 356 g/mol. The minimum atomic E-state index is -0.918. The number of pyridine rings is 1.